The molecule has 0 saturated heterocycles. The van der Waals surface area contributed by atoms with Gasteiger partial charge in [0.15, 0.2) is 0 Å². The molecular formula is C68H130N4O2. The third-order valence-corrected chi connectivity index (χ3v) is 15.1. The number of allylic oxidation sites excluding steroid dienone is 12. The molecule has 0 amide bonds. The maximum Gasteiger partial charge on any atom is 0.0789 e. The SMILES string of the molecule is CCCCCC=CCC=CCCCCCCCCN(CCCN(CCCCCCCC/C=C\CC=CCCCCC)CCCCC(CCCCCCCC/C=C\CC=CCCCCC)CC(O)CN)CC(O)CN. The second-order valence-electron chi connectivity index (χ2n) is 22.4. The minimum atomic E-state index is -0.449. The normalized spacial score (nSPS) is 13.9. The van der Waals surface area contributed by atoms with E-state index in [0.29, 0.717) is 25.6 Å². The molecule has 0 saturated carbocycles. The number of aliphatic hydroxyl groups is 2. The maximum atomic E-state index is 10.6. The van der Waals surface area contributed by atoms with E-state index in [1.807, 2.05) is 0 Å². The summed E-state index contributed by atoms with van der Waals surface area (Å²) in [6, 6.07) is 0. The van der Waals surface area contributed by atoms with Crippen LogP contribution in [0.5, 0.6) is 0 Å². The third kappa shape index (κ3) is 56.4. The van der Waals surface area contributed by atoms with E-state index in [2.05, 4.69) is 103 Å². The van der Waals surface area contributed by atoms with E-state index in [0.717, 1.165) is 58.3 Å². The topological polar surface area (TPSA) is 99.0 Å². The maximum absolute atomic E-state index is 10.6. The minimum absolute atomic E-state index is 0.332. The van der Waals surface area contributed by atoms with Crippen LogP contribution >= 0.6 is 0 Å². The Morgan fingerprint density at radius 2 is 0.595 bits per heavy atom. The van der Waals surface area contributed by atoms with Crippen LogP contribution in [-0.2, 0) is 0 Å². The van der Waals surface area contributed by atoms with Crippen LogP contribution in [0.2, 0.25) is 0 Å². The lowest BCUT2D eigenvalue weighted by molar-refractivity contribution is 0.113. The first-order valence-electron chi connectivity index (χ1n) is 32.6. The Labute approximate surface area is 463 Å². The number of hydrogen-bond donors (Lipinski definition) is 4. The van der Waals surface area contributed by atoms with E-state index >= 15 is 0 Å². The van der Waals surface area contributed by atoms with Gasteiger partial charge >= 0.3 is 0 Å². The first-order chi connectivity index (χ1) is 36.5. The molecule has 0 fully saturated rings. The van der Waals surface area contributed by atoms with Crippen LogP contribution in [0.4, 0.5) is 0 Å². The molecule has 0 heterocycles. The van der Waals surface area contributed by atoms with Gasteiger partial charge in [0.1, 0.15) is 0 Å². The van der Waals surface area contributed by atoms with Crippen LogP contribution in [0.3, 0.4) is 0 Å². The highest BCUT2D eigenvalue weighted by Gasteiger charge is 2.15. The summed E-state index contributed by atoms with van der Waals surface area (Å²) in [5.74, 6) is 0.572. The van der Waals surface area contributed by atoms with Crippen molar-refractivity contribution in [2.45, 2.75) is 303 Å². The van der Waals surface area contributed by atoms with Crippen LogP contribution in [0.15, 0.2) is 72.9 Å². The van der Waals surface area contributed by atoms with Crippen molar-refractivity contribution >= 4 is 0 Å². The molecule has 6 nitrogen and oxygen atoms in total. The van der Waals surface area contributed by atoms with Gasteiger partial charge in [0.25, 0.3) is 0 Å². The van der Waals surface area contributed by atoms with Gasteiger partial charge in [-0.2, -0.15) is 0 Å². The molecule has 0 radical (unpaired) electrons. The Morgan fingerprint density at radius 3 is 0.973 bits per heavy atom. The van der Waals surface area contributed by atoms with Gasteiger partial charge in [-0.3, -0.25) is 0 Å². The predicted octanol–water partition coefficient (Wildman–Crippen LogP) is 18.6. The number of nitrogens with zero attached hydrogens (tertiary/aromatic N) is 2. The van der Waals surface area contributed by atoms with Gasteiger partial charge in [-0.05, 0) is 167 Å². The standard InChI is InChI=1S/C68H130N4O2/c1-4-7-10-13-16-19-22-25-28-31-34-37-40-43-46-49-55-66(62-67(73)63-69)56-50-53-58-71(57-51-47-44-41-38-35-32-29-26-23-20-17-14-11-8-5-2)60-54-61-72(65-68(74)64-70)59-52-48-45-42-39-36-33-30-27-24-21-18-15-12-9-6-3/h16-21,25-30,66-68,73-74H,4-15,22-24,31-65,69-70H2,1-3H3/b19-16?,20-17?,21-18?,28-25-,29-26-,30-27?. The zero-order valence-electron chi connectivity index (χ0n) is 50.0. The van der Waals surface area contributed by atoms with Gasteiger partial charge in [0.05, 0.1) is 12.2 Å². The second-order valence-corrected chi connectivity index (χ2v) is 22.4. The molecule has 0 aliphatic carbocycles. The van der Waals surface area contributed by atoms with Gasteiger partial charge in [0, 0.05) is 19.6 Å². The summed E-state index contributed by atoms with van der Waals surface area (Å²) in [5, 5.41) is 21.2. The summed E-state index contributed by atoms with van der Waals surface area (Å²) in [7, 11) is 0. The van der Waals surface area contributed by atoms with Gasteiger partial charge in [-0.15, -0.1) is 0 Å². The van der Waals surface area contributed by atoms with Crippen LogP contribution in [-0.4, -0.2) is 84.6 Å². The second kappa shape index (κ2) is 62.0. The van der Waals surface area contributed by atoms with E-state index in [-0.39, 0.29) is 6.10 Å². The molecule has 6 N–H and O–H groups in total. The molecule has 0 aromatic carbocycles. The third-order valence-electron chi connectivity index (χ3n) is 15.1. The summed E-state index contributed by atoms with van der Waals surface area (Å²) in [6.45, 7) is 13.8. The van der Waals surface area contributed by atoms with E-state index in [9.17, 15) is 10.2 Å². The van der Waals surface area contributed by atoms with Crippen LogP contribution < -0.4 is 11.5 Å². The van der Waals surface area contributed by atoms with E-state index in [1.54, 1.807) is 0 Å². The predicted molar refractivity (Wildman–Crippen MR) is 332 cm³/mol. The van der Waals surface area contributed by atoms with Crippen molar-refractivity contribution in [3.8, 4) is 0 Å². The highest BCUT2D eigenvalue weighted by Crippen LogP contribution is 2.23. The molecule has 0 rings (SSSR count). The molecule has 74 heavy (non-hydrogen) atoms. The molecule has 0 aromatic heterocycles. The molecule has 0 aliphatic rings. The van der Waals surface area contributed by atoms with Crippen molar-refractivity contribution < 1.29 is 10.2 Å². The fourth-order valence-electron chi connectivity index (χ4n) is 10.2. The Morgan fingerprint density at radius 1 is 0.311 bits per heavy atom. The number of nitrogens with two attached hydrogens (primary N) is 2. The van der Waals surface area contributed by atoms with E-state index < -0.39 is 6.10 Å². The Balaban J connectivity index is 4.92. The minimum Gasteiger partial charge on any atom is -0.392 e. The first-order valence-corrected chi connectivity index (χ1v) is 32.6. The van der Waals surface area contributed by atoms with Crippen LogP contribution in [0.1, 0.15) is 290 Å². The van der Waals surface area contributed by atoms with Gasteiger partial charge in [-0.25, -0.2) is 0 Å². The molecule has 0 aliphatic heterocycles. The lowest BCUT2D eigenvalue weighted by atomic mass is 9.90. The fourth-order valence-corrected chi connectivity index (χ4v) is 10.2. The summed E-state index contributed by atoms with van der Waals surface area (Å²) in [4.78, 5) is 5.26. The zero-order chi connectivity index (χ0) is 53.7. The number of hydrogen-bond acceptors (Lipinski definition) is 6. The molecule has 434 valence electrons. The molecule has 3 unspecified atom stereocenters. The Bertz CT molecular complexity index is 1260. The smallest absolute Gasteiger partial charge is 0.0789 e. The molecule has 6 heteroatoms. The number of aliphatic hydroxyl groups excluding tert-OH is 2. The first kappa shape index (κ1) is 72.2. The summed E-state index contributed by atoms with van der Waals surface area (Å²) >= 11 is 0. The van der Waals surface area contributed by atoms with Crippen molar-refractivity contribution in [2.24, 2.45) is 17.4 Å². The van der Waals surface area contributed by atoms with Crippen molar-refractivity contribution in [3.63, 3.8) is 0 Å². The average molecular weight is 1040 g/mol. The van der Waals surface area contributed by atoms with Gasteiger partial charge in [0.2, 0.25) is 0 Å². The average Bonchev–Trinajstić information content (AvgIpc) is 3.40. The van der Waals surface area contributed by atoms with E-state index in [4.69, 9.17) is 11.5 Å². The summed E-state index contributed by atoms with van der Waals surface area (Å²) in [5.41, 5.74) is 11.9. The summed E-state index contributed by atoms with van der Waals surface area (Å²) < 4.78 is 0. The van der Waals surface area contributed by atoms with Crippen molar-refractivity contribution in [1.29, 1.82) is 0 Å². The molecule has 0 spiro atoms. The summed E-state index contributed by atoms with van der Waals surface area (Å²) in [6.07, 6.45) is 80.4. The highest BCUT2D eigenvalue weighted by molar-refractivity contribution is 4.94. The monoisotopic (exact) mass is 1040 g/mol. The largest absolute Gasteiger partial charge is 0.392 e. The number of rotatable bonds is 60. The highest BCUT2D eigenvalue weighted by atomic mass is 16.3. The van der Waals surface area contributed by atoms with Crippen molar-refractivity contribution in [3.05, 3.63) is 72.9 Å². The molecule has 3 atom stereocenters. The molecule has 0 bridgehead atoms. The molecule has 0 aromatic rings. The fraction of sp³-hybridized carbons (Fsp3) is 0.824. The Hall–Kier alpha value is -1.80. The number of unbranched alkanes of at least 4 members (excludes halogenated alkanes) is 28. The van der Waals surface area contributed by atoms with Gasteiger partial charge < -0.3 is 31.5 Å². The van der Waals surface area contributed by atoms with Gasteiger partial charge in [-0.1, -0.05) is 235 Å². The van der Waals surface area contributed by atoms with Crippen molar-refractivity contribution in [2.75, 3.05) is 52.4 Å². The lowest BCUT2D eigenvalue weighted by Crippen LogP contribution is -2.39. The van der Waals surface area contributed by atoms with E-state index in [1.165, 1.54) is 244 Å². The quantitative estimate of drug-likeness (QED) is 0.0358. The molecular weight excluding hydrogens is 905 g/mol. The van der Waals surface area contributed by atoms with Crippen LogP contribution in [0.25, 0.3) is 0 Å². The zero-order valence-corrected chi connectivity index (χ0v) is 50.0. The lowest BCUT2D eigenvalue weighted by Gasteiger charge is -2.27. The Kier molecular flexibility index (Phi) is 60.5. The van der Waals surface area contributed by atoms with Crippen LogP contribution in [0, 0.1) is 5.92 Å². The van der Waals surface area contributed by atoms with Crippen molar-refractivity contribution in [1.82, 2.24) is 9.80 Å².